The number of amidine groups is 1. The first-order valence-corrected chi connectivity index (χ1v) is 15.6. The molecule has 5 N–H and O–H groups in total. The van der Waals surface area contributed by atoms with Crippen molar-refractivity contribution < 1.29 is 0 Å². The predicted molar refractivity (Wildman–Crippen MR) is 149 cm³/mol. The Bertz CT molecular complexity index is 829. The number of nitrogens with zero attached hydrogens (tertiary/aromatic N) is 2. The zero-order valence-corrected chi connectivity index (χ0v) is 22.7. The Morgan fingerprint density at radius 1 is 1.35 bits per heavy atom. The van der Waals surface area contributed by atoms with E-state index in [9.17, 15) is 0 Å². The summed E-state index contributed by atoms with van der Waals surface area (Å²) in [6, 6.07) is 9.83. The second kappa shape index (κ2) is 16.3. The van der Waals surface area contributed by atoms with Gasteiger partial charge in [-0.15, -0.1) is 11.8 Å². The summed E-state index contributed by atoms with van der Waals surface area (Å²) in [4.78, 5) is 5.66. The molecule has 170 valence electrons. The molecule has 2 aromatic rings. The monoisotopic (exact) mass is 572 g/mol. The Morgan fingerprint density at radius 3 is 2.61 bits per heavy atom. The average molecular weight is 573 g/mol. The molecule has 0 aliphatic heterocycles. The van der Waals surface area contributed by atoms with Crippen molar-refractivity contribution in [2.24, 2.45) is 10.9 Å². The van der Waals surface area contributed by atoms with Gasteiger partial charge in [0.15, 0.2) is 5.84 Å². The van der Waals surface area contributed by atoms with Gasteiger partial charge in [0.2, 0.25) is 0 Å². The maximum Gasteiger partial charge on any atom is 0.156 e. The number of halogens is 1. The highest BCUT2D eigenvalue weighted by Gasteiger charge is 2.19. The van der Waals surface area contributed by atoms with Crippen LogP contribution in [0.5, 0.6) is 0 Å². The van der Waals surface area contributed by atoms with Gasteiger partial charge in [0.25, 0.3) is 0 Å². The van der Waals surface area contributed by atoms with Crippen molar-refractivity contribution in [2.75, 3.05) is 5.32 Å². The Kier molecular flexibility index (Phi) is 14.5. The average Bonchev–Trinajstić information content (AvgIpc) is 2.77. The molecule has 1 fully saturated rings. The van der Waals surface area contributed by atoms with Crippen LogP contribution in [-0.2, 0) is 0 Å². The minimum absolute atomic E-state index is 0.484. The zero-order valence-electron chi connectivity index (χ0n) is 18.7. The van der Waals surface area contributed by atoms with Crippen molar-refractivity contribution in [1.82, 2.24) is 10.1 Å². The van der Waals surface area contributed by atoms with E-state index >= 15 is 0 Å². The van der Waals surface area contributed by atoms with E-state index in [1.54, 1.807) is 0 Å². The number of pyridine rings is 1. The van der Waals surface area contributed by atoms with Gasteiger partial charge in [0, 0.05) is 45.7 Å². The van der Waals surface area contributed by atoms with E-state index in [0.717, 1.165) is 21.7 Å². The quantitative estimate of drug-likeness (QED) is 0.0711. The van der Waals surface area contributed by atoms with Gasteiger partial charge in [0.1, 0.15) is 5.82 Å². The largest absolute Gasteiger partial charge is 0.341 e. The summed E-state index contributed by atoms with van der Waals surface area (Å²) < 4.78 is 0. The molecular weight excluding hydrogens is 538 g/mol. The SMILES string of the molecule is CC.CCC.N=Cc1cc(SC2CCC2)cnc1Nc1cccc(/C(=N/N)NPI)c1. The van der Waals surface area contributed by atoms with Crippen LogP contribution in [0.3, 0.4) is 0 Å². The minimum atomic E-state index is 0.484. The van der Waals surface area contributed by atoms with E-state index in [1.807, 2.05) is 62.1 Å². The molecule has 6 nitrogen and oxygen atoms in total. The summed E-state index contributed by atoms with van der Waals surface area (Å²) in [6.07, 6.45) is 8.82. The molecule has 0 spiro atoms. The molecule has 1 saturated carbocycles. The van der Waals surface area contributed by atoms with Crippen LogP contribution >= 0.6 is 40.2 Å². The molecule has 1 heterocycles. The highest BCUT2D eigenvalue weighted by atomic mass is 127. The number of rotatable bonds is 7. The number of nitrogens with one attached hydrogen (secondary N) is 3. The fourth-order valence-electron chi connectivity index (χ4n) is 2.53. The van der Waals surface area contributed by atoms with Gasteiger partial charge in [-0.3, -0.25) is 0 Å². The molecule has 1 aromatic carbocycles. The van der Waals surface area contributed by atoms with E-state index < -0.39 is 0 Å². The Labute approximate surface area is 205 Å². The van der Waals surface area contributed by atoms with Gasteiger partial charge in [-0.25, -0.2) is 4.98 Å². The van der Waals surface area contributed by atoms with E-state index in [1.165, 1.54) is 31.9 Å². The van der Waals surface area contributed by atoms with Crippen LogP contribution in [0.4, 0.5) is 11.5 Å². The molecule has 0 bridgehead atoms. The van der Waals surface area contributed by atoms with Gasteiger partial charge < -0.3 is 21.7 Å². The fourth-order valence-corrected chi connectivity index (χ4v) is 4.85. The number of nitrogens with two attached hydrogens (primary N) is 1. The first kappa shape index (κ1) is 27.7. The molecule has 9 heteroatoms. The first-order chi connectivity index (χ1) is 15.1. The summed E-state index contributed by atoms with van der Waals surface area (Å²) in [7, 11) is 0. The number of hydrogen-bond acceptors (Lipinski definition) is 6. The van der Waals surface area contributed by atoms with Crippen molar-refractivity contribution in [3.8, 4) is 0 Å². The molecule has 1 unspecified atom stereocenters. The van der Waals surface area contributed by atoms with Crippen LogP contribution in [0.25, 0.3) is 0 Å². The molecule has 1 aliphatic rings. The molecule has 1 atom stereocenters. The van der Waals surface area contributed by atoms with Gasteiger partial charge in [-0.05, 0) is 53.1 Å². The standard InChI is InChI=1S/C17H20IN6PS.C3H8.C2H6/c18-25-24-17(23-20)11-3-1-4-13(7-11)22-16-12(9-19)8-15(10-21-16)26-14-5-2-6-14;1-3-2;1-2/h1,3-4,7-10,14,19,25H,2,5-6,20H2,(H,21,22)(H,23,24);3H2,1-2H3;1-2H3. The first-order valence-electron chi connectivity index (χ1n) is 10.6. The summed E-state index contributed by atoms with van der Waals surface area (Å²) in [5.74, 6) is 6.79. The highest BCUT2D eigenvalue weighted by Crippen LogP contribution is 2.37. The van der Waals surface area contributed by atoms with Crippen molar-refractivity contribution in [1.29, 1.82) is 5.41 Å². The van der Waals surface area contributed by atoms with Gasteiger partial charge in [-0.2, -0.15) is 5.10 Å². The number of hydrazone groups is 1. The predicted octanol–water partition coefficient (Wildman–Crippen LogP) is 7.06. The molecule has 0 saturated heterocycles. The molecule has 1 aliphatic carbocycles. The second-order valence-electron chi connectivity index (χ2n) is 6.53. The third-order valence-corrected chi connectivity index (χ3v) is 6.54. The van der Waals surface area contributed by atoms with Crippen LogP contribution in [0.15, 0.2) is 46.5 Å². The maximum absolute atomic E-state index is 7.72. The van der Waals surface area contributed by atoms with Crippen LogP contribution in [-0.4, -0.2) is 22.3 Å². The second-order valence-corrected chi connectivity index (χ2v) is 9.96. The van der Waals surface area contributed by atoms with Crippen molar-refractivity contribution in [3.05, 3.63) is 47.7 Å². The van der Waals surface area contributed by atoms with Gasteiger partial charge in [0.05, 0.1) is 0 Å². The Morgan fingerprint density at radius 2 is 2.06 bits per heavy atom. The lowest BCUT2D eigenvalue weighted by molar-refractivity contribution is 0.522. The minimum Gasteiger partial charge on any atom is -0.341 e. The lowest BCUT2D eigenvalue weighted by atomic mass is 10.0. The van der Waals surface area contributed by atoms with Crippen LogP contribution in [0, 0.1) is 5.41 Å². The van der Waals surface area contributed by atoms with Crippen molar-refractivity contribution >= 4 is 63.7 Å². The van der Waals surface area contributed by atoms with Crippen LogP contribution in [0.1, 0.15) is 64.5 Å². The van der Waals surface area contributed by atoms with E-state index in [-0.39, 0.29) is 0 Å². The maximum atomic E-state index is 7.72. The summed E-state index contributed by atoms with van der Waals surface area (Å²) in [6.45, 7) is 8.25. The Hall–Kier alpha value is -1.38. The molecular formula is C22H34IN6PS. The zero-order chi connectivity index (χ0) is 23.1. The van der Waals surface area contributed by atoms with E-state index in [0.29, 0.717) is 23.3 Å². The van der Waals surface area contributed by atoms with Crippen molar-refractivity contribution in [2.45, 2.75) is 63.5 Å². The smallest absolute Gasteiger partial charge is 0.156 e. The molecule has 1 aromatic heterocycles. The van der Waals surface area contributed by atoms with Gasteiger partial charge >= 0.3 is 0 Å². The van der Waals surface area contributed by atoms with Crippen molar-refractivity contribution in [3.63, 3.8) is 0 Å². The normalized spacial score (nSPS) is 13.4. The highest BCUT2D eigenvalue weighted by molar-refractivity contribution is 14.2. The molecule has 0 amide bonds. The summed E-state index contributed by atoms with van der Waals surface area (Å²) in [5, 5.41) is 18.7. The molecule has 3 rings (SSSR count). The molecule has 0 radical (unpaired) electrons. The van der Waals surface area contributed by atoms with E-state index in [4.69, 9.17) is 11.3 Å². The third kappa shape index (κ3) is 9.33. The fraction of sp³-hybridized carbons (Fsp3) is 0.409. The van der Waals surface area contributed by atoms with Crippen LogP contribution < -0.4 is 16.2 Å². The number of benzene rings is 1. The summed E-state index contributed by atoms with van der Waals surface area (Å²) in [5.41, 5.74) is 2.55. The Balaban J connectivity index is 0.000000884. The number of aromatic nitrogens is 1. The number of hydrogen-bond donors (Lipinski definition) is 4. The third-order valence-electron chi connectivity index (χ3n) is 4.10. The number of thioether (sulfide) groups is 1. The van der Waals surface area contributed by atoms with E-state index in [2.05, 4.69) is 56.4 Å². The van der Waals surface area contributed by atoms with Crippen LogP contribution in [0.2, 0.25) is 0 Å². The number of anilines is 2. The lowest BCUT2D eigenvalue weighted by Gasteiger charge is -2.24. The molecule has 31 heavy (non-hydrogen) atoms. The lowest BCUT2D eigenvalue weighted by Crippen LogP contribution is -2.17. The van der Waals surface area contributed by atoms with Gasteiger partial charge in [-0.1, -0.05) is 52.7 Å². The topological polar surface area (TPSA) is 99.2 Å². The summed E-state index contributed by atoms with van der Waals surface area (Å²) >= 11 is 4.09.